The fourth-order valence-corrected chi connectivity index (χ4v) is 12.4. The molecule has 83 heavy (non-hydrogen) atoms. The molecule has 9 nitrogen and oxygen atoms in total. The summed E-state index contributed by atoms with van der Waals surface area (Å²) in [6.45, 7) is 4.53. The van der Waals surface area contributed by atoms with E-state index >= 15 is 0 Å². The van der Waals surface area contributed by atoms with Crippen LogP contribution in [0.3, 0.4) is 0 Å². The van der Waals surface area contributed by atoms with E-state index in [0.717, 1.165) is 38.5 Å². The molecular formula is C73H147NO8P+. The van der Waals surface area contributed by atoms with Crippen molar-refractivity contribution in [2.45, 2.75) is 412 Å². The summed E-state index contributed by atoms with van der Waals surface area (Å²) in [5.41, 5.74) is 0. The molecule has 0 bridgehead atoms. The predicted octanol–water partition coefficient (Wildman–Crippen LogP) is 24.1. The molecule has 0 saturated heterocycles. The molecule has 2 unspecified atom stereocenters. The van der Waals surface area contributed by atoms with Crippen LogP contribution in [-0.4, -0.2) is 74.9 Å². The maximum absolute atomic E-state index is 12.9. The molecule has 2 atom stereocenters. The zero-order valence-corrected chi connectivity index (χ0v) is 57.6. The lowest BCUT2D eigenvalue weighted by atomic mass is 10.0. The highest BCUT2D eigenvalue weighted by molar-refractivity contribution is 7.47. The fourth-order valence-electron chi connectivity index (χ4n) is 11.7. The first-order valence-corrected chi connectivity index (χ1v) is 38.8. The highest BCUT2D eigenvalue weighted by Gasteiger charge is 2.27. The third kappa shape index (κ3) is 70.0. The molecule has 0 amide bonds. The molecule has 0 saturated carbocycles. The van der Waals surface area contributed by atoms with Gasteiger partial charge in [-0.15, -0.1) is 0 Å². The molecule has 0 heterocycles. The zero-order valence-electron chi connectivity index (χ0n) is 56.7. The van der Waals surface area contributed by atoms with E-state index in [0.29, 0.717) is 17.4 Å². The SMILES string of the molecule is CCCCCCCCCCCCCCCCCCCCCCCCCCCCCCCCCCCCCCCCC(=O)OC(COC(=O)CCCCCCCCCCCCCCCCCCCCCCC)COP(=O)(O)OCC[N+](C)(C)C. The number of hydrogen-bond acceptors (Lipinski definition) is 7. The molecule has 0 rings (SSSR count). The minimum absolute atomic E-state index is 0.0377. The van der Waals surface area contributed by atoms with Gasteiger partial charge in [-0.05, 0) is 12.8 Å². The van der Waals surface area contributed by atoms with Crippen LogP contribution in [0.25, 0.3) is 0 Å². The molecule has 0 aromatic rings. The number of unbranched alkanes of at least 4 members (excludes halogenated alkanes) is 57. The van der Waals surface area contributed by atoms with Crippen molar-refractivity contribution in [3.63, 3.8) is 0 Å². The van der Waals surface area contributed by atoms with E-state index in [2.05, 4.69) is 13.8 Å². The quantitative estimate of drug-likeness (QED) is 0.0278. The van der Waals surface area contributed by atoms with E-state index in [4.69, 9.17) is 18.5 Å². The van der Waals surface area contributed by atoms with Gasteiger partial charge in [0.1, 0.15) is 19.8 Å². The normalized spacial score (nSPS) is 13.0. The van der Waals surface area contributed by atoms with Crippen LogP contribution in [0.15, 0.2) is 0 Å². The molecule has 0 aliphatic rings. The highest BCUT2D eigenvalue weighted by atomic mass is 31.2. The number of rotatable bonds is 71. The number of esters is 2. The second kappa shape index (κ2) is 65.5. The Balaban J connectivity index is 3.87. The van der Waals surface area contributed by atoms with Crippen molar-refractivity contribution >= 4 is 19.8 Å². The van der Waals surface area contributed by atoms with Crippen molar-refractivity contribution < 1.29 is 42.1 Å². The van der Waals surface area contributed by atoms with Crippen LogP contribution in [-0.2, 0) is 32.7 Å². The Morgan fingerprint density at radius 3 is 0.771 bits per heavy atom. The molecule has 10 heteroatoms. The smallest absolute Gasteiger partial charge is 0.462 e. The van der Waals surface area contributed by atoms with Crippen molar-refractivity contribution in [1.82, 2.24) is 0 Å². The number of phosphoric acid groups is 1. The van der Waals surface area contributed by atoms with Gasteiger partial charge in [0.2, 0.25) is 0 Å². The number of quaternary nitrogens is 1. The Morgan fingerprint density at radius 2 is 0.542 bits per heavy atom. The summed E-state index contributed by atoms with van der Waals surface area (Å²) >= 11 is 0. The van der Waals surface area contributed by atoms with Gasteiger partial charge in [-0.3, -0.25) is 18.6 Å². The van der Waals surface area contributed by atoms with Gasteiger partial charge >= 0.3 is 19.8 Å². The van der Waals surface area contributed by atoms with E-state index in [1.54, 1.807) is 0 Å². The average molecular weight is 1200 g/mol. The van der Waals surface area contributed by atoms with E-state index < -0.39 is 26.5 Å². The van der Waals surface area contributed by atoms with Gasteiger partial charge in [-0.1, -0.05) is 380 Å². The monoisotopic (exact) mass is 1200 g/mol. The molecule has 0 aromatic heterocycles. The molecule has 0 spiro atoms. The summed E-state index contributed by atoms with van der Waals surface area (Å²) in [6, 6.07) is 0. The van der Waals surface area contributed by atoms with Gasteiger partial charge in [0.25, 0.3) is 0 Å². The summed E-state index contributed by atoms with van der Waals surface area (Å²) in [5, 5.41) is 0. The topological polar surface area (TPSA) is 108 Å². The fraction of sp³-hybridized carbons (Fsp3) is 0.973. The average Bonchev–Trinajstić information content (AvgIpc) is 3.49. The van der Waals surface area contributed by atoms with Gasteiger partial charge in [-0.2, -0.15) is 0 Å². The van der Waals surface area contributed by atoms with Gasteiger partial charge < -0.3 is 18.9 Å². The second-order valence-electron chi connectivity index (χ2n) is 27.1. The third-order valence-electron chi connectivity index (χ3n) is 17.4. The predicted molar refractivity (Wildman–Crippen MR) is 358 cm³/mol. The van der Waals surface area contributed by atoms with Gasteiger partial charge in [0.15, 0.2) is 6.10 Å². The zero-order chi connectivity index (χ0) is 60.5. The molecule has 0 fully saturated rings. The summed E-state index contributed by atoms with van der Waals surface area (Å²) in [4.78, 5) is 35.9. The molecule has 496 valence electrons. The van der Waals surface area contributed by atoms with Crippen LogP contribution in [0.4, 0.5) is 0 Å². The number of likely N-dealkylation sites (N-methyl/N-ethyl adjacent to an activating group) is 1. The van der Waals surface area contributed by atoms with E-state index in [1.807, 2.05) is 21.1 Å². The Morgan fingerprint density at radius 1 is 0.325 bits per heavy atom. The van der Waals surface area contributed by atoms with Crippen LogP contribution in [0.1, 0.15) is 406 Å². The first kappa shape index (κ1) is 82.0. The van der Waals surface area contributed by atoms with Gasteiger partial charge in [0, 0.05) is 12.8 Å². The van der Waals surface area contributed by atoms with E-state index in [1.165, 1.54) is 340 Å². The molecule has 0 aliphatic heterocycles. The van der Waals surface area contributed by atoms with Crippen LogP contribution in [0, 0.1) is 0 Å². The Labute approximate surface area is 518 Å². The molecule has 0 aliphatic carbocycles. The van der Waals surface area contributed by atoms with Crippen LogP contribution in [0.5, 0.6) is 0 Å². The minimum atomic E-state index is -4.38. The van der Waals surface area contributed by atoms with Crippen molar-refractivity contribution in [2.24, 2.45) is 0 Å². The maximum Gasteiger partial charge on any atom is 0.472 e. The standard InChI is InChI=1S/C73H146NO8P/c1-6-8-10-12-14-16-18-20-22-24-26-28-29-30-31-32-33-34-35-36-37-38-39-40-41-42-43-44-46-48-50-52-54-56-58-60-62-64-66-73(76)82-71(70-81-83(77,78)80-68-67-74(3,4)5)69-79-72(75)65-63-61-59-57-55-53-51-49-47-45-27-25-23-21-19-17-15-13-11-9-7-2/h71H,6-70H2,1-5H3/p+1. The van der Waals surface area contributed by atoms with Crippen LogP contribution in [0.2, 0.25) is 0 Å². The van der Waals surface area contributed by atoms with Crippen molar-refractivity contribution in [3.8, 4) is 0 Å². The van der Waals surface area contributed by atoms with E-state index in [9.17, 15) is 19.0 Å². The first-order valence-electron chi connectivity index (χ1n) is 37.3. The minimum Gasteiger partial charge on any atom is -0.462 e. The van der Waals surface area contributed by atoms with Crippen molar-refractivity contribution in [3.05, 3.63) is 0 Å². The van der Waals surface area contributed by atoms with Crippen molar-refractivity contribution in [1.29, 1.82) is 0 Å². The lowest BCUT2D eigenvalue weighted by Gasteiger charge is -2.24. The Bertz CT molecular complexity index is 1360. The largest absolute Gasteiger partial charge is 0.472 e. The molecular weight excluding hydrogens is 1050 g/mol. The lowest BCUT2D eigenvalue weighted by molar-refractivity contribution is -0.870. The summed E-state index contributed by atoms with van der Waals surface area (Å²) in [5.74, 6) is -0.767. The Kier molecular flexibility index (Phi) is 64.7. The molecule has 1 N–H and O–H groups in total. The summed E-state index contributed by atoms with van der Waals surface area (Å²) in [7, 11) is 1.51. The third-order valence-corrected chi connectivity index (χ3v) is 18.4. The maximum atomic E-state index is 12.9. The highest BCUT2D eigenvalue weighted by Crippen LogP contribution is 2.43. The molecule has 0 aromatic carbocycles. The van der Waals surface area contributed by atoms with Crippen LogP contribution < -0.4 is 0 Å². The van der Waals surface area contributed by atoms with Gasteiger partial charge in [0.05, 0.1) is 27.7 Å². The summed E-state index contributed by atoms with van der Waals surface area (Å²) in [6.07, 6.45) is 79.6. The number of nitrogens with zero attached hydrogens (tertiary/aromatic N) is 1. The van der Waals surface area contributed by atoms with Crippen LogP contribution >= 0.6 is 7.82 Å². The number of phosphoric ester groups is 1. The number of hydrogen-bond donors (Lipinski definition) is 1. The number of carbonyl (C=O) groups excluding carboxylic acids is 2. The lowest BCUT2D eigenvalue weighted by Crippen LogP contribution is -2.37. The number of carbonyl (C=O) groups is 2. The molecule has 0 radical (unpaired) electrons. The Hall–Kier alpha value is -0.990. The van der Waals surface area contributed by atoms with Gasteiger partial charge in [-0.25, -0.2) is 4.57 Å². The first-order chi connectivity index (χ1) is 40.5. The van der Waals surface area contributed by atoms with Crippen molar-refractivity contribution in [2.75, 3.05) is 47.5 Å². The van der Waals surface area contributed by atoms with E-state index in [-0.39, 0.29) is 25.6 Å². The second-order valence-corrected chi connectivity index (χ2v) is 28.5. The summed E-state index contributed by atoms with van der Waals surface area (Å²) < 4.78 is 34.8. The number of ether oxygens (including phenoxy) is 2.